The highest BCUT2D eigenvalue weighted by atomic mass is 32.2. The molecule has 1 aromatic carbocycles. The molecule has 1 aliphatic heterocycles. The molecular weight excluding hydrogens is 348 g/mol. The molecule has 2 aliphatic rings. The summed E-state index contributed by atoms with van der Waals surface area (Å²) in [6.45, 7) is 0.641. The summed E-state index contributed by atoms with van der Waals surface area (Å²) in [6.07, 6.45) is 3.91. The predicted octanol–water partition coefficient (Wildman–Crippen LogP) is 2.60. The van der Waals surface area contributed by atoms with Crippen molar-refractivity contribution in [2.24, 2.45) is 11.8 Å². The predicted molar refractivity (Wildman–Crippen MR) is 103 cm³/mol. The van der Waals surface area contributed by atoms with Gasteiger partial charge in [0.1, 0.15) is 0 Å². The fraction of sp³-hybridized carbons (Fsp3) is 0.600. The Morgan fingerprint density at radius 1 is 1.31 bits per heavy atom. The molecule has 142 valence electrons. The molecule has 26 heavy (non-hydrogen) atoms. The molecule has 1 aliphatic carbocycles. The molecule has 2 fully saturated rings. The van der Waals surface area contributed by atoms with Gasteiger partial charge in [0.05, 0.1) is 0 Å². The highest BCUT2D eigenvalue weighted by Crippen LogP contribution is 2.35. The molecule has 3 rings (SSSR count). The molecule has 1 saturated carbocycles. The van der Waals surface area contributed by atoms with Gasteiger partial charge in [-0.2, -0.15) is 0 Å². The number of methoxy groups -OCH3 is 1. The number of nitrogens with one attached hydrogen (secondary N) is 2. The number of benzene rings is 1. The molecule has 1 saturated heterocycles. The van der Waals surface area contributed by atoms with Crippen LogP contribution in [0, 0.1) is 11.8 Å². The lowest BCUT2D eigenvalue weighted by Crippen LogP contribution is -2.56. The van der Waals surface area contributed by atoms with Crippen molar-refractivity contribution in [3.05, 3.63) is 30.3 Å². The number of thioether (sulfide) groups is 1. The van der Waals surface area contributed by atoms with Gasteiger partial charge in [-0.15, -0.1) is 11.8 Å². The summed E-state index contributed by atoms with van der Waals surface area (Å²) < 4.78 is 5.30. The fourth-order valence-corrected chi connectivity index (χ4v) is 5.06. The highest BCUT2D eigenvalue weighted by Gasteiger charge is 2.40. The number of hydrogen-bond donors (Lipinski definition) is 2. The second kappa shape index (κ2) is 9.42. The lowest BCUT2D eigenvalue weighted by Gasteiger charge is -2.43. The number of carbonyl (C=O) groups is 2. The molecule has 4 atom stereocenters. The summed E-state index contributed by atoms with van der Waals surface area (Å²) in [5.74, 6) is 1.76. The summed E-state index contributed by atoms with van der Waals surface area (Å²) in [7, 11) is 1.70. The molecule has 6 heteroatoms. The van der Waals surface area contributed by atoms with Crippen molar-refractivity contribution >= 4 is 23.6 Å². The van der Waals surface area contributed by atoms with Gasteiger partial charge in [0.15, 0.2) is 0 Å². The van der Waals surface area contributed by atoms with Crippen molar-refractivity contribution in [3.8, 4) is 0 Å². The lowest BCUT2D eigenvalue weighted by atomic mass is 9.71. The Labute approximate surface area is 159 Å². The van der Waals surface area contributed by atoms with E-state index in [2.05, 4.69) is 22.8 Å². The lowest BCUT2D eigenvalue weighted by molar-refractivity contribution is -0.128. The van der Waals surface area contributed by atoms with E-state index >= 15 is 0 Å². The van der Waals surface area contributed by atoms with Crippen LogP contribution in [0.5, 0.6) is 0 Å². The van der Waals surface area contributed by atoms with E-state index in [4.69, 9.17) is 4.74 Å². The van der Waals surface area contributed by atoms with Crippen molar-refractivity contribution in [3.63, 3.8) is 0 Å². The Morgan fingerprint density at radius 2 is 2.12 bits per heavy atom. The largest absolute Gasteiger partial charge is 0.384 e. The number of rotatable bonds is 7. The van der Waals surface area contributed by atoms with Gasteiger partial charge in [0, 0.05) is 49.3 Å². The second-order valence-corrected chi connectivity index (χ2v) is 8.41. The van der Waals surface area contributed by atoms with E-state index in [0.717, 1.165) is 25.0 Å². The summed E-state index contributed by atoms with van der Waals surface area (Å²) in [5, 5.41) is 6.29. The van der Waals surface area contributed by atoms with E-state index in [1.54, 1.807) is 18.9 Å². The third-order valence-corrected chi connectivity index (χ3v) is 6.40. The zero-order valence-electron chi connectivity index (χ0n) is 15.3. The van der Waals surface area contributed by atoms with Crippen LogP contribution in [0.25, 0.3) is 0 Å². The van der Waals surface area contributed by atoms with Crippen LogP contribution in [0.1, 0.15) is 32.1 Å². The molecule has 5 nitrogen and oxygen atoms in total. The minimum absolute atomic E-state index is 0.104. The van der Waals surface area contributed by atoms with Crippen molar-refractivity contribution in [1.29, 1.82) is 0 Å². The number of amides is 2. The van der Waals surface area contributed by atoms with Gasteiger partial charge in [0.25, 0.3) is 0 Å². The van der Waals surface area contributed by atoms with Crippen LogP contribution in [0.15, 0.2) is 35.2 Å². The second-order valence-electron chi connectivity index (χ2n) is 7.25. The summed E-state index contributed by atoms with van der Waals surface area (Å²) >= 11 is 1.70. The van der Waals surface area contributed by atoms with Crippen LogP contribution in [0.4, 0.5) is 0 Å². The van der Waals surface area contributed by atoms with Crippen molar-refractivity contribution in [2.75, 3.05) is 19.5 Å². The van der Waals surface area contributed by atoms with Crippen LogP contribution in [0.3, 0.4) is 0 Å². The van der Waals surface area contributed by atoms with Crippen LogP contribution in [-0.2, 0) is 14.3 Å². The standard InChI is InChI=1S/C20H28N2O3S/c1-25-13-14-11-20(24)22-18-12-15(7-8-17(14)18)21-19(23)9-10-26-16-5-3-2-4-6-16/h2-6,14-15,17-18H,7-13H2,1H3,(H,21,23)(H,22,24). The van der Waals surface area contributed by atoms with Gasteiger partial charge in [-0.1, -0.05) is 18.2 Å². The average molecular weight is 377 g/mol. The average Bonchev–Trinajstić information content (AvgIpc) is 2.62. The molecule has 1 heterocycles. The van der Waals surface area contributed by atoms with Gasteiger partial charge in [-0.25, -0.2) is 0 Å². The molecule has 1 aromatic rings. The topological polar surface area (TPSA) is 67.4 Å². The van der Waals surface area contributed by atoms with E-state index < -0.39 is 0 Å². The summed E-state index contributed by atoms with van der Waals surface area (Å²) in [5.41, 5.74) is 0. The molecule has 4 unspecified atom stereocenters. The third-order valence-electron chi connectivity index (χ3n) is 5.39. The summed E-state index contributed by atoms with van der Waals surface area (Å²) in [4.78, 5) is 25.4. The first-order chi connectivity index (χ1) is 12.7. The maximum Gasteiger partial charge on any atom is 0.221 e. The van der Waals surface area contributed by atoms with Crippen molar-refractivity contribution < 1.29 is 14.3 Å². The smallest absolute Gasteiger partial charge is 0.221 e. The van der Waals surface area contributed by atoms with E-state index in [9.17, 15) is 9.59 Å². The molecule has 2 amide bonds. The van der Waals surface area contributed by atoms with Gasteiger partial charge in [-0.05, 0) is 43.2 Å². The quantitative estimate of drug-likeness (QED) is 0.718. The molecular formula is C20H28N2O3S. The number of carbonyl (C=O) groups excluding carboxylic acids is 2. The van der Waals surface area contributed by atoms with E-state index in [1.807, 2.05) is 18.2 Å². The first-order valence-electron chi connectivity index (χ1n) is 9.41. The van der Waals surface area contributed by atoms with Crippen LogP contribution in [-0.4, -0.2) is 43.4 Å². The minimum atomic E-state index is 0.104. The van der Waals surface area contributed by atoms with Crippen molar-refractivity contribution in [2.45, 2.75) is 49.1 Å². The first kappa shape index (κ1) is 19.2. The maximum absolute atomic E-state index is 12.3. The Kier molecular flexibility index (Phi) is 6.97. The number of fused-ring (bicyclic) bond motifs is 1. The molecule has 2 N–H and O–H groups in total. The number of piperidine rings is 1. The first-order valence-corrected chi connectivity index (χ1v) is 10.4. The van der Waals surface area contributed by atoms with Crippen molar-refractivity contribution in [1.82, 2.24) is 10.6 Å². The van der Waals surface area contributed by atoms with Gasteiger partial charge < -0.3 is 15.4 Å². The van der Waals surface area contributed by atoms with Gasteiger partial charge in [0.2, 0.25) is 11.8 Å². The van der Waals surface area contributed by atoms with Crippen LogP contribution < -0.4 is 10.6 Å². The SMILES string of the molecule is COCC1CC(=O)NC2CC(NC(=O)CCSc3ccccc3)CCC12. The van der Waals surface area contributed by atoms with E-state index in [0.29, 0.717) is 31.3 Å². The maximum atomic E-state index is 12.3. The minimum Gasteiger partial charge on any atom is -0.384 e. The molecule has 0 bridgehead atoms. The van der Waals surface area contributed by atoms with E-state index in [-0.39, 0.29) is 23.9 Å². The normalized spacial score (nSPS) is 28.1. The number of hydrogen-bond acceptors (Lipinski definition) is 4. The van der Waals surface area contributed by atoms with Gasteiger partial charge in [-0.3, -0.25) is 9.59 Å². The van der Waals surface area contributed by atoms with Crippen LogP contribution in [0.2, 0.25) is 0 Å². The Hall–Kier alpha value is -1.53. The zero-order chi connectivity index (χ0) is 18.4. The fourth-order valence-electron chi connectivity index (χ4n) is 4.19. The highest BCUT2D eigenvalue weighted by molar-refractivity contribution is 7.99. The van der Waals surface area contributed by atoms with Crippen LogP contribution >= 0.6 is 11.8 Å². The van der Waals surface area contributed by atoms with Gasteiger partial charge >= 0.3 is 0 Å². The Balaban J connectivity index is 1.43. The molecule has 0 aromatic heterocycles. The number of ether oxygens (including phenoxy) is 1. The Bertz CT molecular complexity index is 610. The zero-order valence-corrected chi connectivity index (χ0v) is 16.1. The monoisotopic (exact) mass is 376 g/mol. The Morgan fingerprint density at radius 3 is 2.88 bits per heavy atom. The molecule has 0 spiro atoms. The third kappa shape index (κ3) is 5.24. The van der Waals surface area contributed by atoms with E-state index in [1.165, 1.54) is 4.90 Å². The summed E-state index contributed by atoms with van der Waals surface area (Å²) in [6, 6.07) is 10.5. The molecule has 0 radical (unpaired) electrons.